The normalized spacial score (nSPS) is 19.7. The van der Waals surface area contributed by atoms with Crippen LogP contribution in [0.25, 0.3) is 0 Å². The van der Waals surface area contributed by atoms with Gasteiger partial charge in [0.15, 0.2) is 0 Å². The fourth-order valence-corrected chi connectivity index (χ4v) is 3.02. The van der Waals surface area contributed by atoms with E-state index in [1.54, 1.807) is 17.0 Å². The van der Waals surface area contributed by atoms with E-state index in [1.165, 1.54) is 5.01 Å². The summed E-state index contributed by atoms with van der Waals surface area (Å²) in [7, 11) is 0. The maximum atomic E-state index is 12.3. The highest BCUT2D eigenvalue weighted by atomic mass is 16.2. The fourth-order valence-electron chi connectivity index (χ4n) is 3.02. The number of hydrogen-bond acceptors (Lipinski definition) is 5. The number of para-hydroxylation sites is 1. The van der Waals surface area contributed by atoms with Gasteiger partial charge in [-0.05, 0) is 25.0 Å². The molecule has 1 aromatic carbocycles. The molecule has 8 heteroatoms. The zero-order chi connectivity index (χ0) is 17.8. The molecule has 8 nitrogen and oxygen atoms in total. The Bertz CT molecular complexity index is 697. The lowest BCUT2D eigenvalue weighted by molar-refractivity contribution is -0.130. The van der Waals surface area contributed by atoms with Crippen molar-refractivity contribution in [2.45, 2.75) is 25.3 Å². The Kier molecular flexibility index (Phi) is 4.97. The summed E-state index contributed by atoms with van der Waals surface area (Å²) in [4.78, 5) is 37.8. The molecule has 0 saturated carbocycles. The Hall–Kier alpha value is -2.90. The van der Waals surface area contributed by atoms with Gasteiger partial charge >= 0.3 is 0 Å². The number of hydrazone groups is 1. The van der Waals surface area contributed by atoms with Crippen LogP contribution >= 0.6 is 0 Å². The van der Waals surface area contributed by atoms with E-state index < -0.39 is 17.9 Å². The summed E-state index contributed by atoms with van der Waals surface area (Å²) in [6.45, 7) is 1.41. The number of nitrogens with one attached hydrogen (secondary N) is 1. The number of rotatable bonds is 5. The molecule has 3 N–H and O–H groups in total. The fraction of sp³-hybridized carbons (Fsp3) is 0.412. The Morgan fingerprint density at radius 2 is 1.84 bits per heavy atom. The van der Waals surface area contributed by atoms with Crippen molar-refractivity contribution in [3.8, 4) is 0 Å². The van der Waals surface area contributed by atoms with Crippen LogP contribution in [0.5, 0.6) is 0 Å². The van der Waals surface area contributed by atoms with E-state index in [0.29, 0.717) is 5.69 Å². The highest BCUT2D eigenvalue weighted by molar-refractivity contribution is 6.40. The first-order valence-corrected chi connectivity index (χ1v) is 8.33. The van der Waals surface area contributed by atoms with Gasteiger partial charge in [0.2, 0.25) is 11.8 Å². The molecule has 0 aromatic heterocycles. The van der Waals surface area contributed by atoms with Crippen molar-refractivity contribution in [3.63, 3.8) is 0 Å². The average molecular weight is 343 g/mol. The van der Waals surface area contributed by atoms with Crippen LogP contribution in [0.2, 0.25) is 0 Å². The molecule has 2 aliphatic heterocycles. The zero-order valence-electron chi connectivity index (χ0n) is 13.9. The van der Waals surface area contributed by atoms with Gasteiger partial charge in [0.1, 0.15) is 11.8 Å². The number of amides is 3. The van der Waals surface area contributed by atoms with Gasteiger partial charge in [-0.25, -0.2) is 0 Å². The van der Waals surface area contributed by atoms with Crippen molar-refractivity contribution in [2.24, 2.45) is 10.8 Å². The quantitative estimate of drug-likeness (QED) is 0.775. The predicted octanol–water partition coefficient (Wildman–Crippen LogP) is -0.155. The highest BCUT2D eigenvalue weighted by Crippen LogP contribution is 2.24. The highest BCUT2D eigenvalue weighted by Gasteiger charge is 2.35. The third-order valence-corrected chi connectivity index (χ3v) is 4.38. The molecule has 2 heterocycles. The Morgan fingerprint density at radius 1 is 1.16 bits per heavy atom. The number of nitrogens with two attached hydrogens (primary N) is 1. The van der Waals surface area contributed by atoms with E-state index in [1.807, 2.05) is 18.2 Å². The maximum absolute atomic E-state index is 12.3. The molecule has 0 bridgehead atoms. The minimum Gasteiger partial charge on any atom is -0.368 e. The first kappa shape index (κ1) is 16.9. The van der Waals surface area contributed by atoms with Crippen LogP contribution in [0.3, 0.4) is 0 Å². The smallest absolute Gasteiger partial charge is 0.268 e. The van der Waals surface area contributed by atoms with Crippen LogP contribution in [0.1, 0.15) is 19.3 Å². The minimum absolute atomic E-state index is 0.0651. The summed E-state index contributed by atoms with van der Waals surface area (Å²) < 4.78 is 0. The summed E-state index contributed by atoms with van der Waals surface area (Å²) in [5.74, 6) is -1.10. The van der Waals surface area contributed by atoms with E-state index in [0.717, 1.165) is 25.9 Å². The second-order valence-electron chi connectivity index (χ2n) is 6.12. The number of primary amides is 1. The van der Waals surface area contributed by atoms with Crippen LogP contribution in [0.15, 0.2) is 35.4 Å². The van der Waals surface area contributed by atoms with Crippen molar-refractivity contribution >= 4 is 29.1 Å². The van der Waals surface area contributed by atoms with Gasteiger partial charge in [0.05, 0.1) is 12.2 Å². The molecule has 1 aromatic rings. The summed E-state index contributed by atoms with van der Waals surface area (Å²) in [5, 5.41) is 8.30. The Labute approximate surface area is 145 Å². The molecule has 0 unspecified atom stereocenters. The van der Waals surface area contributed by atoms with Gasteiger partial charge in [-0.1, -0.05) is 18.2 Å². The number of carbonyl (C=O) groups excluding carboxylic acids is 3. The van der Waals surface area contributed by atoms with Crippen molar-refractivity contribution in [1.29, 1.82) is 0 Å². The second-order valence-corrected chi connectivity index (χ2v) is 6.12. The van der Waals surface area contributed by atoms with Crippen LogP contribution < -0.4 is 16.1 Å². The van der Waals surface area contributed by atoms with Crippen molar-refractivity contribution in [2.75, 3.05) is 24.6 Å². The standard InChI is InChI=1S/C17H21N5O3/c18-16(24)14-10-13(20-22(14)12-6-2-1-3-7-12)17(25)19-11-15(23)21-8-4-5-9-21/h1-3,6-7,14H,4-5,8-11H2,(H2,18,24)(H,19,25)/t14-/m0/s1. The monoisotopic (exact) mass is 343 g/mol. The number of anilines is 1. The molecule has 132 valence electrons. The Morgan fingerprint density at radius 3 is 2.48 bits per heavy atom. The number of nitrogens with zero attached hydrogens (tertiary/aromatic N) is 3. The third-order valence-electron chi connectivity index (χ3n) is 4.38. The molecule has 1 fully saturated rings. The number of likely N-dealkylation sites (tertiary alicyclic amines) is 1. The molecule has 1 saturated heterocycles. The molecule has 1 atom stereocenters. The van der Waals surface area contributed by atoms with Crippen LogP contribution in [0, 0.1) is 0 Å². The van der Waals surface area contributed by atoms with Gasteiger partial charge in [-0.15, -0.1) is 0 Å². The van der Waals surface area contributed by atoms with Gasteiger partial charge in [-0.3, -0.25) is 19.4 Å². The average Bonchev–Trinajstić information content (AvgIpc) is 3.29. The van der Waals surface area contributed by atoms with Crippen LogP contribution in [0.4, 0.5) is 5.69 Å². The summed E-state index contributed by atoms with van der Waals surface area (Å²) in [6, 6.07) is 8.34. The first-order chi connectivity index (χ1) is 12.1. The molecular weight excluding hydrogens is 322 g/mol. The predicted molar refractivity (Wildman–Crippen MR) is 92.8 cm³/mol. The van der Waals surface area contributed by atoms with E-state index in [9.17, 15) is 14.4 Å². The molecule has 25 heavy (non-hydrogen) atoms. The van der Waals surface area contributed by atoms with E-state index in [2.05, 4.69) is 10.4 Å². The van der Waals surface area contributed by atoms with Crippen LogP contribution in [-0.2, 0) is 14.4 Å². The van der Waals surface area contributed by atoms with Gasteiger partial charge in [-0.2, -0.15) is 5.10 Å². The second kappa shape index (κ2) is 7.33. The largest absolute Gasteiger partial charge is 0.368 e. The first-order valence-electron chi connectivity index (χ1n) is 8.33. The lowest BCUT2D eigenvalue weighted by Gasteiger charge is -2.20. The van der Waals surface area contributed by atoms with E-state index >= 15 is 0 Å². The summed E-state index contributed by atoms with van der Waals surface area (Å²) in [5.41, 5.74) is 6.33. The topological polar surface area (TPSA) is 108 Å². The van der Waals surface area contributed by atoms with Crippen molar-refractivity contribution < 1.29 is 14.4 Å². The van der Waals surface area contributed by atoms with E-state index in [-0.39, 0.29) is 24.6 Å². The zero-order valence-corrected chi connectivity index (χ0v) is 13.9. The molecule has 0 radical (unpaired) electrons. The van der Waals surface area contributed by atoms with Crippen molar-refractivity contribution in [1.82, 2.24) is 10.2 Å². The van der Waals surface area contributed by atoms with Crippen LogP contribution in [-0.4, -0.2) is 54.0 Å². The molecule has 0 aliphatic carbocycles. The number of benzene rings is 1. The SMILES string of the molecule is NC(=O)[C@@H]1CC(C(=O)NCC(=O)N2CCCC2)=NN1c1ccccc1. The third kappa shape index (κ3) is 3.78. The maximum Gasteiger partial charge on any atom is 0.268 e. The lowest BCUT2D eigenvalue weighted by atomic mass is 10.1. The molecular formula is C17H21N5O3. The van der Waals surface area contributed by atoms with Crippen molar-refractivity contribution in [3.05, 3.63) is 30.3 Å². The molecule has 2 aliphatic rings. The summed E-state index contributed by atoms with van der Waals surface area (Å²) >= 11 is 0. The summed E-state index contributed by atoms with van der Waals surface area (Å²) in [6.07, 6.45) is 2.12. The van der Waals surface area contributed by atoms with Gasteiger partial charge in [0, 0.05) is 19.5 Å². The Balaban J connectivity index is 1.65. The lowest BCUT2D eigenvalue weighted by Crippen LogP contribution is -2.42. The number of carbonyl (C=O) groups is 3. The minimum atomic E-state index is -0.711. The number of hydrogen-bond donors (Lipinski definition) is 2. The molecule has 3 rings (SSSR count). The van der Waals surface area contributed by atoms with Gasteiger partial charge < -0.3 is 16.0 Å². The van der Waals surface area contributed by atoms with E-state index in [4.69, 9.17) is 5.73 Å². The van der Waals surface area contributed by atoms with Gasteiger partial charge in [0.25, 0.3) is 5.91 Å². The molecule has 0 spiro atoms. The molecule has 3 amide bonds.